The van der Waals surface area contributed by atoms with Gasteiger partial charge in [0.1, 0.15) is 0 Å². The zero-order valence-electron chi connectivity index (χ0n) is 14.1. The molecule has 0 aromatic heterocycles. The minimum absolute atomic E-state index is 0.355. The van der Waals surface area contributed by atoms with Crippen LogP contribution in [0, 0.1) is 0 Å². The topological polar surface area (TPSA) is 87.5 Å². The molecule has 25 heavy (non-hydrogen) atoms. The molecule has 2 heterocycles. The first kappa shape index (κ1) is 15.9. The molecule has 4 N–H and O–H groups in total. The molecule has 6 heteroatoms. The number of nitrogens with zero attached hydrogens (tertiary/aromatic N) is 1. The van der Waals surface area contributed by atoms with E-state index in [1.54, 1.807) is 6.07 Å². The number of benzene rings is 2. The molecule has 6 nitrogen and oxygen atoms in total. The van der Waals surface area contributed by atoms with Crippen molar-refractivity contribution >= 4 is 34.0 Å². The summed E-state index contributed by atoms with van der Waals surface area (Å²) in [6, 6.07) is 7.21. The van der Waals surface area contributed by atoms with Crippen LogP contribution in [0.1, 0.15) is 40.0 Å². The van der Waals surface area contributed by atoms with E-state index in [4.69, 9.17) is 5.73 Å². The lowest BCUT2D eigenvalue weighted by Gasteiger charge is -2.26. The molecule has 2 aliphatic rings. The Balaban J connectivity index is 1.61. The largest absolute Gasteiger partial charge is 0.399 e. The van der Waals surface area contributed by atoms with Gasteiger partial charge in [-0.05, 0) is 55.6 Å². The van der Waals surface area contributed by atoms with Crippen LogP contribution in [0.4, 0.5) is 11.4 Å². The van der Waals surface area contributed by atoms with Crippen molar-refractivity contribution in [2.45, 2.75) is 19.3 Å². The highest BCUT2D eigenvalue weighted by Crippen LogP contribution is 2.31. The van der Waals surface area contributed by atoms with E-state index in [1.165, 1.54) is 19.3 Å². The van der Waals surface area contributed by atoms with E-state index in [9.17, 15) is 9.59 Å². The van der Waals surface area contributed by atoms with E-state index < -0.39 is 0 Å². The van der Waals surface area contributed by atoms with Crippen molar-refractivity contribution in [3.8, 4) is 0 Å². The number of hydrogen-bond donors (Lipinski definition) is 3. The molecule has 1 fully saturated rings. The van der Waals surface area contributed by atoms with Crippen LogP contribution in [-0.2, 0) is 0 Å². The lowest BCUT2D eigenvalue weighted by molar-refractivity contribution is 0.0845. The minimum Gasteiger partial charge on any atom is -0.399 e. The molecule has 0 spiro atoms. The van der Waals surface area contributed by atoms with Gasteiger partial charge in [-0.2, -0.15) is 0 Å². The number of nitrogens with one attached hydrogen (secondary N) is 2. The van der Waals surface area contributed by atoms with Crippen molar-refractivity contribution in [2.75, 3.05) is 37.2 Å². The van der Waals surface area contributed by atoms with Gasteiger partial charge in [0.15, 0.2) is 0 Å². The standard InChI is InChI=1S/C19H22N4O2/c20-13-8-12-9-14(21-4-7-23-5-2-1-3-6-23)11-16-17(12)15(10-13)18(24)22-19(16)25/h8-11,21H,1-7,20H2,(H,22,24,25). The van der Waals surface area contributed by atoms with E-state index in [1.807, 2.05) is 18.2 Å². The number of nitrogen functional groups attached to an aromatic ring is 1. The zero-order chi connectivity index (χ0) is 17.4. The van der Waals surface area contributed by atoms with Crippen molar-refractivity contribution in [3.63, 3.8) is 0 Å². The summed E-state index contributed by atoms with van der Waals surface area (Å²) in [4.78, 5) is 26.8. The van der Waals surface area contributed by atoms with E-state index in [2.05, 4.69) is 15.5 Å². The van der Waals surface area contributed by atoms with Crippen LogP contribution < -0.4 is 16.4 Å². The Morgan fingerprint density at radius 3 is 2.48 bits per heavy atom. The monoisotopic (exact) mass is 338 g/mol. The molecule has 2 aliphatic heterocycles. The summed E-state index contributed by atoms with van der Waals surface area (Å²) in [5, 5.41) is 7.30. The van der Waals surface area contributed by atoms with E-state index in [-0.39, 0.29) is 11.8 Å². The quantitative estimate of drug-likeness (QED) is 0.588. The van der Waals surface area contributed by atoms with Crippen molar-refractivity contribution in [2.24, 2.45) is 0 Å². The third-order valence-electron chi connectivity index (χ3n) is 4.99. The Labute approximate surface area is 146 Å². The maximum Gasteiger partial charge on any atom is 0.258 e. The molecule has 2 aromatic carbocycles. The van der Waals surface area contributed by atoms with Crippen molar-refractivity contribution in [3.05, 3.63) is 35.4 Å². The van der Waals surface area contributed by atoms with Gasteiger partial charge in [0, 0.05) is 29.9 Å². The van der Waals surface area contributed by atoms with Gasteiger partial charge in [0.2, 0.25) is 0 Å². The molecule has 2 amide bonds. The molecule has 0 radical (unpaired) electrons. The van der Waals surface area contributed by atoms with E-state index >= 15 is 0 Å². The number of carbonyl (C=O) groups excluding carboxylic acids is 2. The SMILES string of the molecule is Nc1cc2c3c(cc(NCCN4CCCCC4)cc3c1)C(=O)NC2=O. The predicted octanol–water partition coefficient (Wildman–Crippen LogP) is 2.20. The van der Waals surface area contributed by atoms with Gasteiger partial charge in [-0.1, -0.05) is 6.42 Å². The number of amides is 2. The maximum atomic E-state index is 12.2. The molecule has 1 saturated heterocycles. The number of imide groups is 1. The molecule has 130 valence electrons. The highest BCUT2D eigenvalue weighted by atomic mass is 16.2. The Morgan fingerprint density at radius 2 is 1.72 bits per heavy atom. The summed E-state index contributed by atoms with van der Waals surface area (Å²) >= 11 is 0. The van der Waals surface area contributed by atoms with Gasteiger partial charge in [0.05, 0.1) is 11.1 Å². The van der Waals surface area contributed by atoms with Gasteiger partial charge in [-0.25, -0.2) is 0 Å². The van der Waals surface area contributed by atoms with Gasteiger partial charge in [-0.3, -0.25) is 14.9 Å². The van der Waals surface area contributed by atoms with Crippen molar-refractivity contribution < 1.29 is 9.59 Å². The number of hydrogen-bond acceptors (Lipinski definition) is 5. The molecule has 2 aromatic rings. The van der Waals surface area contributed by atoms with Crippen LogP contribution in [0.2, 0.25) is 0 Å². The average molecular weight is 338 g/mol. The second-order valence-corrected chi connectivity index (χ2v) is 6.80. The summed E-state index contributed by atoms with van der Waals surface area (Å²) in [5.41, 5.74) is 8.30. The lowest BCUT2D eigenvalue weighted by Crippen LogP contribution is -2.35. The number of rotatable bonds is 4. The second kappa shape index (κ2) is 6.37. The molecule has 0 bridgehead atoms. The highest BCUT2D eigenvalue weighted by molar-refractivity contribution is 6.26. The number of likely N-dealkylation sites (tertiary alicyclic amines) is 1. The predicted molar refractivity (Wildman–Crippen MR) is 98.9 cm³/mol. The van der Waals surface area contributed by atoms with Gasteiger partial charge >= 0.3 is 0 Å². The Hall–Kier alpha value is -2.60. The third-order valence-corrected chi connectivity index (χ3v) is 4.99. The fourth-order valence-electron chi connectivity index (χ4n) is 3.78. The average Bonchev–Trinajstić information content (AvgIpc) is 2.60. The zero-order valence-corrected chi connectivity index (χ0v) is 14.1. The second-order valence-electron chi connectivity index (χ2n) is 6.80. The molecular formula is C19H22N4O2. The third kappa shape index (κ3) is 3.05. The van der Waals surface area contributed by atoms with Crippen LogP contribution in [0.25, 0.3) is 10.8 Å². The van der Waals surface area contributed by atoms with Crippen LogP contribution in [-0.4, -0.2) is 42.9 Å². The van der Waals surface area contributed by atoms with Crippen molar-refractivity contribution in [1.82, 2.24) is 10.2 Å². The first-order valence-corrected chi connectivity index (χ1v) is 8.81. The summed E-state index contributed by atoms with van der Waals surface area (Å²) in [6.07, 6.45) is 3.88. The molecule has 0 saturated carbocycles. The fraction of sp³-hybridized carbons (Fsp3) is 0.368. The molecular weight excluding hydrogens is 316 g/mol. The van der Waals surface area contributed by atoms with Gasteiger partial charge < -0.3 is 16.0 Å². The molecule has 0 unspecified atom stereocenters. The van der Waals surface area contributed by atoms with Crippen LogP contribution >= 0.6 is 0 Å². The number of anilines is 2. The Bertz CT molecular complexity index is 856. The molecule has 0 atom stereocenters. The first-order valence-electron chi connectivity index (χ1n) is 8.81. The smallest absolute Gasteiger partial charge is 0.258 e. The summed E-state index contributed by atoms with van der Waals surface area (Å²) in [5.74, 6) is -0.743. The Morgan fingerprint density at radius 1 is 1.00 bits per heavy atom. The summed E-state index contributed by atoms with van der Waals surface area (Å²) < 4.78 is 0. The van der Waals surface area contributed by atoms with Crippen LogP contribution in [0.15, 0.2) is 24.3 Å². The number of piperidine rings is 1. The normalized spacial score (nSPS) is 17.6. The van der Waals surface area contributed by atoms with E-state index in [0.717, 1.165) is 37.3 Å². The highest BCUT2D eigenvalue weighted by Gasteiger charge is 2.26. The molecule has 0 aliphatic carbocycles. The van der Waals surface area contributed by atoms with Crippen molar-refractivity contribution in [1.29, 1.82) is 0 Å². The number of carbonyl (C=O) groups is 2. The van der Waals surface area contributed by atoms with Crippen LogP contribution in [0.5, 0.6) is 0 Å². The van der Waals surface area contributed by atoms with Crippen LogP contribution in [0.3, 0.4) is 0 Å². The summed E-state index contributed by atoms with van der Waals surface area (Å²) in [7, 11) is 0. The van der Waals surface area contributed by atoms with Gasteiger partial charge in [0.25, 0.3) is 11.8 Å². The fourth-order valence-corrected chi connectivity index (χ4v) is 3.78. The summed E-state index contributed by atoms with van der Waals surface area (Å²) in [6.45, 7) is 4.13. The lowest BCUT2D eigenvalue weighted by atomic mass is 9.94. The first-order chi connectivity index (χ1) is 12.1. The Kier molecular flexibility index (Phi) is 4.05. The maximum absolute atomic E-state index is 12.2. The van der Waals surface area contributed by atoms with E-state index in [0.29, 0.717) is 22.2 Å². The number of nitrogens with two attached hydrogens (primary N) is 1. The van der Waals surface area contributed by atoms with Gasteiger partial charge in [-0.15, -0.1) is 0 Å². The molecule has 4 rings (SSSR count). The minimum atomic E-state index is -0.388.